The standard InChI is InChI=1S/C13H28N2/c1-5-11(3)13(8-14)15-9-10(2)6-7-12(15)4/h10-13H,5-9,14H2,1-4H3. The third-order valence-electron chi connectivity index (χ3n) is 4.13. The Kier molecular flexibility index (Phi) is 5.07. The highest BCUT2D eigenvalue weighted by Crippen LogP contribution is 2.26. The minimum Gasteiger partial charge on any atom is -0.329 e. The van der Waals surface area contributed by atoms with E-state index < -0.39 is 0 Å². The van der Waals surface area contributed by atoms with E-state index in [-0.39, 0.29) is 0 Å². The van der Waals surface area contributed by atoms with Gasteiger partial charge in [0.15, 0.2) is 0 Å². The van der Waals surface area contributed by atoms with Gasteiger partial charge in [0, 0.05) is 25.2 Å². The van der Waals surface area contributed by atoms with Gasteiger partial charge in [0.05, 0.1) is 0 Å². The Balaban J connectivity index is 2.64. The number of nitrogens with zero attached hydrogens (tertiary/aromatic N) is 1. The van der Waals surface area contributed by atoms with Crippen molar-refractivity contribution in [1.29, 1.82) is 0 Å². The predicted octanol–water partition coefficient (Wildman–Crippen LogP) is 2.48. The van der Waals surface area contributed by atoms with Crippen LogP contribution in [0.25, 0.3) is 0 Å². The summed E-state index contributed by atoms with van der Waals surface area (Å²) in [5.74, 6) is 1.57. The topological polar surface area (TPSA) is 29.3 Å². The molecule has 0 radical (unpaired) electrons. The Morgan fingerprint density at radius 2 is 2.00 bits per heavy atom. The summed E-state index contributed by atoms with van der Waals surface area (Å²) in [6, 6.07) is 1.32. The van der Waals surface area contributed by atoms with Crippen LogP contribution in [0, 0.1) is 11.8 Å². The number of hydrogen-bond acceptors (Lipinski definition) is 2. The van der Waals surface area contributed by atoms with Crippen molar-refractivity contribution in [1.82, 2.24) is 4.90 Å². The van der Waals surface area contributed by atoms with E-state index in [4.69, 9.17) is 5.73 Å². The van der Waals surface area contributed by atoms with Crippen LogP contribution in [-0.4, -0.2) is 30.1 Å². The maximum atomic E-state index is 5.95. The second-order valence-electron chi connectivity index (χ2n) is 5.42. The van der Waals surface area contributed by atoms with Crippen LogP contribution < -0.4 is 5.73 Å². The first-order valence-corrected chi connectivity index (χ1v) is 6.55. The van der Waals surface area contributed by atoms with Crippen molar-refractivity contribution < 1.29 is 0 Å². The van der Waals surface area contributed by atoms with Gasteiger partial charge < -0.3 is 5.73 Å². The van der Waals surface area contributed by atoms with Gasteiger partial charge in [-0.3, -0.25) is 4.90 Å². The van der Waals surface area contributed by atoms with E-state index in [1.807, 2.05) is 0 Å². The number of hydrogen-bond donors (Lipinski definition) is 1. The molecule has 4 unspecified atom stereocenters. The molecule has 0 aromatic carbocycles. The average Bonchev–Trinajstić information content (AvgIpc) is 2.23. The SMILES string of the molecule is CCC(C)C(CN)N1CC(C)CCC1C. The molecule has 0 amide bonds. The summed E-state index contributed by atoms with van der Waals surface area (Å²) >= 11 is 0. The van der Waals surface area contributed by atoms with Gasteiger partial charge in [0.2, 0.25) is 0 Å². The molecule has 1 heterocycles. The smallest absolute Gasteiger partial charge is 0.0246 e. The summed E-state index contributed by atoms with van der Waals surface area (Å²) in [5.41, 5.74) is 5.95. The van der Waals surface area contributed by atoms with Crippen molar-refractivity contribution in [3.63, 3.8) is 0 Å². The molecular formula is C13H28N2. The molecule has 1 aliphatic heterocycles. The molecule has 2 N–H and O–H groups in total. The van der Waals surface area contributed by atoms with E-state index in [1.54, 1.807) is 0 Å². The lowest BCUT2D eigenvalue weighted by Crippen LogP contribution is -2.52. The Hall–Kier alpha value is -0.0800. The Labute approximate surface area is 95.2 Å². The van der Waals surface area contributed by atoms with E-state index in [1.165, 1.54) is 25.8 Å². The second kappa shape index (κ2) is 5.86. The van der Waals surface area contributed by atoms with E-state index in [0.717, 1.165) is 24.4 Å². The molecule has 0 aliphatic carbocycles. The van der Waals surface area contributed by atoms with Gasteiger partial charge in [-0.25, -0.2) is 0 Å². The predicted molar refractivity (Wildman–Crippen MR) is 66.9 cm³/mol. The van der Waals surface area contributed by atoms with Crippen LogP contribution in [-0.2, 0) is 0 Å². The van der Waals surface area contributed by atoms with Crippen LogP contribution in [0.4, 0.5) is 0 Å². The van der Waals surface area contributed by atoms with Crippen LogP contribution in [0.3, 0.4) is 0 Å². The van der Waals surface area contributed by atoms with Crippen LogP contribution in [0.1, 0.15) is 47.0 Å². The van der Waals surface area contributed by atoms with Gasteiger partial charge in [-0.2, -0.15) is 0 Å². The highest BCUT2D eigenvalue weighted by atomic mass is 15.2. The molecule has 1 rings (SSSR count). The minimum absolute atomic E-state index is 0.591. The fourth-order valence-electron chi connectivity index (χ4n) is 2.75. The summed E-state index contributed by atoms with van der Waals surface area (Å²) in [6.07, 6.45) is 3.96. The number of nitrogens with two attached hydrogens (primary N) is 1. The molecule has 90 valence electrons. The van der Waals surface area contributed by atoms with Crippen molar-refractivity contribution in [2.24, 2.45) is 17.6 Å². The average molecular weight is 212 g/mol. The molecule has 1 aliphatic rings. The van der Waals surface area contributed by atoms with Crippen LogP contribution >= 0.6 is 0 Å². The lowest BCUT2D eigenvalue weighted by molar-refractivity contribution is 0.0537. The molecule has 2 heteroatoms. The summed E-state index contributed by atoms with van der Waals surface area (Å²) in [5, 5.41) is 0. The lowest BCUT2D eigenvalue weighted by Gasteiger charge is -2.44. The quantitative estimate of drug-likeness (QED) is 0.776. The Morgan fingerprint density at radius 3 is 2.53 bits per heavy atom. The summed E-state index contributed by atoms with van der Waals surface area (Å²) in [7, 11) is 0. The highest BCUT2D eigenvalue weighted by molar-refractivity contribution is 4.85. The van der Waals surface area contributed by atoms with E-state index >= 15 is 0 Å². The third-order valence-corrected chi connectivity index (χ3v) is 4.13. The molecule has 1 fully saturated rings. The molecular weight excluding hydrogens is 184 g/mol. The van der Waals surface area contributed by atoms with Gasteiger partial charge >= 0.3 is 0 Å². The minimum atomic E-state index is 0.591. The first-order valence-electron chi connectivity index (χ1n) is 6.55. The number of likely N-dealkylation sites (tertiary alicyclic amines) is 1. The van der Waals surface area contributed by atoms with E-state index in [0.29, 0.717) is 6.04 Å². The Bertz CT molecular complexity index is 181. The summed E-state index contributed by atoms with van der Waals surface area (Å²) in [4.78, 5) is 2.66. The Morgan fingerprint density at radius 1 is 1.33 bits per heavy atom. The normalized spacial score (nSPS) is 32.6. The molecule has 0 saturated carbocycles. The maximum absolute atomic E-state index is 5.95. The first-order chi connectivity index (χ1) is 7.10. The van der Waals surface area contributed by atoms with E-state index in [9.17, 15) is 0 Å². The summed E-state index contributed by atoms with van der Waals surface area (Å²) in [6.45, 7) is 11.4. The molecule has 2 nitrogen and oxygen atoms in total. The fraction of sp³-hybridized carbons (Fsp3) is 1.00. The van der Waals surface area contributed by atoms with E-state index in [2.05, 4.69) is 32.6 Å². The molecule has 0 aromatic heterocycles. The second-order valence-corrected chi connectivity index (χ2v) is 5.42. The van der Waals surface area contributed by atoms with Gasteiger partial charge in [-0.15, -0.1) is 0 Å². The molecule has 0 spiro atoms. The van der Waals surface area contributed by atoms with Crippen LogP contribution in [0.15, 0.2) is 0 Å². The largest absolute Gasteiger partial charge is 0.329 e. The fourth-order valence-corrected chi connectivity index (χ4v) is 2.75. The number of rotatable bonds is 4. The summed E-state index contributed by atoms with van der Waals surface area (Å²) < 4.78 is 0. The third kappa shape index (κ3) is 3.18. The molecule has 15 heavy (non-hydrogen) atoms. The monoisotopic (exact) mass is 212 g/mol. The molecule has 0 aromatic rings. The number of piperidine rings is 1. The van der Waals surface area contributed by atoms with Crippen molar-refractivity contribution in [2.75, 3.05) is 13.1 Å². The van der Waals surface area contributed by atoms with Gasteiger partial charge in [0.25, 0.3) is 0 Å². The van der Waals surface area contributed by atoms with Crippen molar-refractivity contribution in [3.8, 4) is 0 Å². The zero-order valence-corrected chi connectivity index (χ0v) is 10.9. The molecule has 4 atom stereocenters. The highest BCUT2D eigenvalue weighted by Gasteiger charge is 2.30. The van der Waals surface area contributed by atoms with Gasteiger partial charge in [-0.05, 0) is 31.6 Å². The maximum Gasteiger partial charge on any atom is 0.0246 e. The van der Waals surface area contributed by atoms with Crippen molar-refractivity contribution in [2.45, 2.75) is 59.0 Å². The van der Waals surface area contributed by atoms with Crippen LogP contribution in [0.5, 0.6) is 0 Å². The lowest BCUT2D eigenvalue weighted by atomic mass is 9.89. The molecule has 1 saturated heterocycles. The first kappa shape index (κ1) is 13.0. The van der Waals surface area contributed by atoms with Gasteiger partial charge in [0.1, 0.15) is 0 Å². The molecule has 0 bridgehead atoms. The zero-order chi connectivity index (χ0) is 11.4. The van der Waals surface area contributed by atoms with Crippen molar-refractivity contribution >= 4 is 0 Å². The zero-order valence-electron chi connectivity index (χ0n) is 10.9. The van der Waals surface area contributed by atoms with Gasteiger partial charge in [-0.1, -0.05) is 27.2 Å². The van der Waals surface area contributed by atoms with Crippen molar-refractivity contribution in [3.05, 3.63) is 0 Å². The van der Waals surface area contributed by atoms with Crippen LogP contribution in [0.2, 0.25) is 0 Å².